The topological polar surface area (TPSA) is 36.9 Å². The van der Waals surface area contributed by atoms with Crippen molar-refractivity contribution in [2.75, 3.05) is 0 Å². The predicted octanol–water partition coefficient (Wildman–Crippen LogP) is 11.0. The van der Waals surface area contributed by atoms with Gasteiger partial charge in [0, 0.05) is 0 Å². The van der Waals surface area contributed by atoms with Crippen LogP contribution in [0.3, 0.4) is 0 Å². The molecule has 2 heterocycles. The third-order valence-electron chi connectivity index (χ3n) is 11.4. The van der Waals surface area contributed by atoms with Crippen molar-refractivity contribution < 1.29 is 18.6 Å². The Morgan fingerprint density at radius 3 is 0.907 bits per heavy atom. The molecule has 2 saturated heterocycles. The van der Waals surface area contributed by atoms with Gasteiger partial charge < -0.3 is 18.6 Å². The fourth-order valence-corrected chi connectivity index (χ4v) is 9.16. The van der Waals surface area contributed by atoms with Crippen LogP contribution < -0.4 is 0 Å². The van der Waals surface area contributed by atoms with E-state index in [4.69, 9.17) is 18.6 Å². The van der Waals surface area contributed by atoms with Crippen LogP contribution in [0.4, 0.5) is 0 Å². The normalized spacial score (nSPS) is 19.0. The Kier molecular flexibility index (Phi) is 9.52. The molecule has 0 N–H and O–H groups in total. The Labute approximate surface area is 321 Å². The molecule has 0 unspecified atom stereocenters. The minimum atomic E-state index is -1.01. The molecule has 0 saturated carbocycles. The minimum Gasteiger partial charge on any atom is -0.403 e. The van der Waals surface area contributed by atoms with Crippen molar-refractivity contribution >= 4 is 14.0 Å². The van der Waals surface area contributed by atoms with Crippen LogP contribution >= 0.6 is 0 Å². The van der Waals surface area contributed by atoms with E-state index in [1.54, 1.807) is 0 Å². The Hall–Kier alpha value is -4.71. The van der Waals surface area contributed by atoms with E-state index < -0.39 is 37.4 Å². The number of hydrogen-bond acceptors (Lipinski definition) is 4. The number of benzene rings is 6. The summed E-state index contributed by atoms with van der Waals surface area (Å²) in [5.41, 5.74) is 13.6. The lowest BCUT2D eigenvalue weighted by atomic mass is 9.49. The zero-order valence-corrected chi connectivity index (χ0v) is 32.6. The van der Waals surface area contributed by atoms with Crippen LogP contribution in [0.2, 0.25) is 0 Å². The molecule has 2 aliphatic heterocycles. The summed E-state index contributed by atoms with van der Waals surface area (Å²) in [5.74, 6) is 0. The molecule has 0 bridgehead atoms. The average Bonchev–Trinajstić information content (AvgIpc) is 3.73. The summed E-state index contributed by atoms with van der Waals surface area (Å²) in [6, 6.07) is 47.4. The molecular formula is C48H48B2O4. The van der Waals surface area contributed by atoms with Gasteiger partial charge in [0.05, 0.1) is 0 Å². The molecule has 6 heteroatoms. The van der Waals surface area contributed by atoms with Gasteiger partial charge >= 0.3 is 14.0 Å². The van der Waals surface area contributed by atoms with Crippen molar-refractivity contribution in [2.24, 2.45) is 0 Å². The standard InChI is InChI=1S/C48H48B2O4/c1-31-19-23-41(35(5)27-31)47(42-24-20-32(2)28-36(42)6)45(39-15-11-9-12-16-39)51-49(53-47)50-52-46(40-17-13-10-14-18-40)48(54-50,43-25-21-33(3)29-37(43)7)44-26-22-34(4)30-38(44)8/h9-30,45-46H,1-8H3/t45-,46-/m1/s1. The Morgan fingerprint density at radius 1 is 0.370 bits per heavy atom. The summed E-state index contributed by atoms with van der Waals surface area (Å²) in [7, 11) is -1.78. The van der Waals surface area contributed by atoms with Crippen molar-refractivity contribution in [1.82, 2.24) is 0 Å². The van der Waals surface area contributed by atoms with Gasteiger partial charge in [0.15, 0.2) is 0 Å². The molecule has 6 aromatic carbocycles. The Morgan fingerprint density at radius 2 is 0.648 bits per heavy atom. The van der Waals surface area contributed by atoms with Gasteiger partial charge in [-0.3, -0.25) is 0 Å². The number of aryl methyl sites for hydroxylation is 8. The second-order valence-electron chi connectivity index (χ2n) is 15.6. The predicted molar refractivity (Wildman–Crippen MR) is 219 cm³/mol. The van der Waals surface area contributed by atoms with Crippen molar-refractivity contribution in [3.8, 4) is 0 Å². The van der Waals surface area contributed by atoms with E-state index in [1.807, 2.05) is 12.1 Å². The molecular weight excluding hydrogens is 662 g/mol. The van der Waals surface area contributed by atoms with Crippen molar-refractivity contribution in [3.63, 3.8) is 0 Å². The van der Waals surface area contributed by atoms with Gasteiger partial charge in [-0.05, 0) is 111 Å². The first-order valence-corrected chi connectivity index (χ1v) is 19.1. The van der Waals surface area contributed by atoms with Crippen LogP contribution in [0, 0.1) is 55.4 Å². The summed E-state index contributed by atoms with van der Waals surface area (Å²) in [6.45, 7) is 17.2. The van der Waals surface area contributed by atoms with Gasteiger partial charge in [0.1, 0.15) is 23.4 Å². The summed E-state index contributed by atoms with van der Waals surface area (Å²) in [6.07, 6.45) is -1.02. The van der Waals surface area contributed by atoms with Crippen molar-refractivity contribution in [2.45, 2.75) is 78.8 Å². The molecule has 2 aliphatic rings. The zero-order valence-electron chi connectivity index (χ0n) is 32.6. The first kappa shape index (κ1) is 36.3. The van der Waals surface area contributed by atoms with Crippen LogP contribution in [0.5, 0.6) is 0 Å². The highest BCUT2D eigenvalue weighted by Crippen LogP contribution is 2.58. The summed E-state index contributed by atoms with van der Waals surface area (Å²) < 4.78 is 29.8. The zero-order chi connectivity index (χ0) is 37.8. The maximum absolute atomic E-state index is 7.59. The average molecular weight is 711 g/mol. The fraction of sp³-hybridized carbons (Fsp3) is 0.250. The van der Waals surface area contributed by atoms with Crippen LogP contribution in [-0.2, 0) is 29.8 Å². The Balaban J connectivity index is 1.36. The number of rotatable bonds is 7. The highest BCUT2D eigenvalue weighted by Gasteiger charge is 2.66. The molecule has 270 valence electrons. The molecule has 0 radical (unpaired) electrons. The monoisotopic (exact) mass is 710 g/mol. The third kappa shape index (κ3) is 6.06. The highest BCUT2D eigenvalue weighted by molar-refractivity contribution is 7.11. The van der Waals surface area contributed by atoms with Crippen LogP contribution in [-0.4, -0.2) is 14.0 Å². The summed E-state index contributed by atoms with van der Waals surface area (Å²) >= 11 is 0. The smallest absolute Gasteiger partial charge is 0.403 e. The summed E-state index contributed by atoms with van der Waals surface area (Å²) in [4.78, 5) is 0. The fourth-order valence-electron chi connectivity index (χ4n) is 9.16. The largest absolute Gasteiger partial charge is 0.489 e. The first-order chi connectivity index (χ1) is 26.0. The van der Waals surface area contributed by atoms with E-state index in [2.05, 4.69) is 177 Å². The first-order valence-electron chi connectivity index (χ1n) is 19.1. The molecule has 0 amide bonds. The lowest BCUT2D eigenvalue weighted by molar-refractivity contribution is 0.0705. The molecule has 6 aromatic rings. The second kappa shape index (κ2) is 14.2. The molecule has 0 aromatic heterocycles. The SMILES string of the molecule is Cc1ccc(C2(c3ccc(C)cc3C)OB(B3O[C@H](c4ccccc4)C(c4ccc(C)cc4C)(c4ccc(C)cc4C)O3)O[C@@H]2c2ccccc2)c(C)c1. The van der Waals surface area contributed by atoms with E-state index in [0.29, 0.717) is 0 Å². The van der Waals surface area contributed by atoms with E-state index >= 15 is 0 Å². The Bertz CT molecular complexity index is 2050. The highest BCUT2D eigenvalue weighted by atomic mass is 16.7. The van der Waals surface area contributed by atoms with Crippen LogP contribution in [0.25, 0.3) is 0 Å². The van der Waals surface area contributed by atoms with Gasteiger partial charge in [-0.25, -0.2) is 0 Å². The molecule has 8 rings (SSSR count). The summed E-state index contributed by atoms with van der Waals surface area (Å²) in [5, 5.41) is 0. The lowest BCUT2D eigenvalue weighted by Crippen LogP contribution is -2.44. The molecule has 0 aliphatic carbocycles. The van der Waals surface area contributed by atoms with Crippen molar-refractivity contribution in [3.05, 3.63) is 211 Å². The molecule has 2 fully saturated rings. The molecule has 4 nitrogen and oxygen atoms in total. The van der Waals surface area contributed by atoms with Crippen LogP contribution in [0.15, 0.2) is 133 Å². The van der Waals surface area contributed by atoms with Crippen LogP contribution in [0.1, 0.15) is 90.1 Å². The van der Waals surface area contributed by atoms with E-state index in [0.717, 1.165) is 55.6 Å². The van der Waals surface area contributed by atoms with E-state index in [1.165, 1.54) is 22.3 Å². The molecule has 0 spiro atoms. The molecule has 2 atom stereocenters. The van der Waals surface area contributed by atoms with Crippen molar-refractivity contribution in [1.29, 1.82) is 0 Å². The second-order valence-corrected chi connectivity index (χ2v) is 15.6. The quantitative estimate of drug-likeness (QED) is 0.155. The minimum absolute atomic E-state index is 0.508. The van der Waals surface area contributed by atoms with Gasteiger partial charge in [-0.1, -0.05) is 156 Å². The van der Waals surface area contributed by atoms with E-state index in [-0.39, 0.29) is 0 Å². The van der Waals surface area contributed by atoms with Gasteiger partial charge in [0.25, 0.3) is 0 Å². The van der Waals surface area contributed by atoms with Gasteiger partial charge in [-0.15, -0.1) is 0 Å². The maximum Gasteiger partial charge on any atom is 0.489 e. The van der Waals surface area contributed by atoms with E-state index in [9.17, 15) is 0 Å². The lowest BCUT2D eigenvalue weighted by Gasteiger charge is -2.38. The van der Waals surface area contributed by atoms with Gasteiger partial charge in [-0.2, -0.15) is 0 Å². The van der Waals surface area contributed by atoms with Gasteiger partial charge in [0.2, 0.25) is 0 Å². The third-order valence-corrected chi connectivity index (χ3v) is 11.4. The molecule has 54 heavy (non-hydrogen) atoms. The number of hydrogen-bond donors (Lipinski definition) is 0. The maximum atomic E-state index is 7.59.